The van der Waals surface area contributed by atoms with Crippen molar-refractivity contribution in [3.05, 3.63) is 23.7 Å². The average Bonchev–Trinajstić information content (AvgIpc) is 2.73. The minimum Gasteiger partial charge on any atom is -0.464 e. The van der Waals surface area contributed by atoms with Gasteiger partial charge < -0.3 is 9.73 Å². The van der Waals surface area contributed by atoms with Crippen molar-refractivity contribution in [1.29, 1.82) is 5.26 Å². The van der Waals surface area contributed by atoms with Crippen molar-refractivity contribution in [1.82, 2.24) is 5.32 Å². The predicted molar refractivity (Wildman–Crippen MR) is 75.8 cm³/mol. The molecule has 1 amide bonds. The third kappa shape index (κ3) is 3.04. The lowest BCUT2D eigenvalue weighted by Crippen LogP contribution is -2.41. The van der Waals surface area contributed by atoms with Gasteiger partial charge in [0.25, 0.3) is 0 Å². The number of furan rings is 1. The van der Waals surface area contributed by atoms with Gasteiger partial charge in [0, 0.05) is 0 Å². The van der Waals surface area contributed by atoms with E-state index < -0.39 is 5.41 Å². The van der Waals surface area contributed by atoms with Crippen molar-refractivity contribution in [2.45, 2.75) is 58.4 Å². The van der Waals surface area contributed by atoms with Crippen LogP contribution in [0, 0.1) is 23.7 Å². The number of nitrogens with one attached hydrogen (secondary N) is 1. The number of nitriles is 1. The topological polar surface area (TPSA) is 66.0 Å². The Labute approximate surface area is 120 Å². The largest absolute Gasteiger partial charge is 0.464 e. The molecule has 2 rings (SSSR count). The van der Waals surface area contributed by atoms with Crippen LogP contribution < -0.4 is 5.32 Å². The van der Waals surface area contributed by atoms with Crippen LogP contribution in [0.2, 0.25) is 0 Å². The Kier molecular flexibility index (Phi) is 4.49. The summed E-state index contributed by atoms with van der Waals surface area (Å²) >= 11 is 0. The standard InChI is InChI=1S/C16H22N2O2/c1-12-7-8-14(20-12)13(2)18-15(19)16(11-17)9-5-3-4-6-10-16/h7-8,13H,3-6,9-10H2,1-2H3,(H,18,19). The summed E-state index contributed by atoms with van der Waals surface area (Å²) in [6.45, 7) is 3.76. The molecule has 0 saturated heterocycles. The average molecular weight is 274 g/mol. The van der Waals surface area contributed by atoms with E-state index in [1.807, 2.05) is 26.0 Å². The number of hydrogen-bond acceptors (Lipinski definition) is 3. The molecule has 20 heavy (non-hydrogen) atoms. The molecule has 1 fully saturated rings. The van der Waals surface area contributed by atoms with E-state index in [1.165, 1.54) is 0 Å². The Hall–Kier alpha value is -1.76. The van der Waals surface area contributed by atoms with E-state index in [0.717, 1.165) is 37.2 Å². The van der Waals surface area contributed by atoms with E-state index in [0.29, 0.717) is 12.8 Å². The highest BCUT2D eigenvalue weighted by molar-refractivity contribution is 5.85. The van der Waals surface area contributed by atoms with Crippen molar-refractivity contribution in [2.75, 3.05) is 0 Å². The Bertz CT molecular complexity index is 505. The van der Waals surface area contributed by atoms with Gasteiger partial charge in [0.1, 0.15) is 16.9 Å². The highest BCUT2D eigenvalue weighted by Gasteiger charge is 2.39. The summed E-state index contributed by atoms with van der Waals surface area (Å²) in [5, 5.41) is 12.4. The Morgan fingerprint density at radius 1 is 1.35 bits per heavy atom. The van der Waals surface area contributed by atoms with E-state index in [1.54, 1.807) is 0 Å². The van der Waals surface area contributed by atoms with Crippen molar-refractivity contribution >= 4 is 5.91 Å². The zero-order valence-electron chi connectivity index (χ0n) is 12.2. The SMILES string of the molecule is Cc1ccc(C(C)NC(=O)C2(C#N)CCCCCC2)o1. The molecule has 4 nitrogen and oxygen atoms in total. The van der Waals surface area contributed by atoms with Gasteiger partial charge in [0.15, 0.2) is 0 Å². The number of carbonyl (C=O) groups is 1. The van der Waals surface area contributed by atoms with Crippen LogP contribution in [0.15, 0.2) is 16.5 Å². The second-order valence-corrected chi connectivity index (χ2v) is 5.75. The second kappa shape index (κ2) is 6.13. The van der Waals surface area contributed by atoms with Gasteiger partial charge in [-0.15, -0.1) is 0 Å². The zero-order valence-corrected chi connectivity index (χ0v) is 12.2. The van der Waals surface area contributed by atoms with Crippen LogP contribution in [0.4, 0.5) is 0 Å². The molecule has 1 heterocycles. The lowest BCUT2D eigenvalue weighted by molar-refractivity contribution is -0.129. The van der Waals surface area contributed by atoms with Crippen molar-refractivity contribution in [3.63, 3.8) is 0 Å². The fourth-order valence-corrected chi connectivity index (χ4v) is 2.81. The lowest BCUT2D eigenvalue weighted by atomic mass is 9.81. The van der Waals surface area contributed by atoms with Crippen LogP contribution in [0.3, 0.4) is 0 Å². The molecule has 0 aliphatic heterocycles. The van der Waals surface area contributed by atoms with E-state index in [-0.39, 0.29) is 11.9 Å². The minimum absolute atomic E-state index is 0.150. The number of hydrogen-bond donors (Lipinski definition) is 1. The van der Waals surface area contributed by atoms with Crippen LogP contribution in [-0.4, -0.2) is 5.91 Å². The molecular formula is C16H22N2O2. The van der Waals surface area contributed by atoms with E-state index in [4.69, 9.17) is 4.42 Å². The molecule has 1 aromatic heterocycles. The van der Waals surface area contributed by atoms with Crippen LogP contribution >= 0.6 is 0 Å². The number of amides is 1. The van der Waals surface area contributed by atoms with Gasteiger partial charge in [-0.3, -0.25) is 4.79 Å². The fraction of sp³-hybridized carbons (Fsp3) is 0.625. The zero-order chi connectivity index (χ0) is 14.6. The van der Waals surface area contributed by atoms with Gasteiger partial charge in [-0.05, 0) is 38.8 Å². The summed E-state index contributed by atoms with van der Waals surface area (Å²) in [6, 6.07) is 5.82. The first kappa shape index (κ1) is 14.6. The van der Waals surface area contributed by atoms with Gasteiger partial charge in [0.05, 0.1) is 12.1 Å². The Balaban J connectivity index is 2.07. The van der Waals surface area contributed by atoms with Crippen molar-refractivity contribution in [3.8, 4) is 6.07 Å². The van der Waals surface area contributed by atoms with Crippen LogP contribution in [0.25, 0.3) is 0 Å². The van der Waals surface area contributed by atoms with Crippen LogP contribution in [0.1, 0.15) is 63.0 Å². The van der Waals surface area contributed by atoms with Gasteiger partial charge in [-0.25, -0.2) is 0 Å². The van der Waals surface area contributed by atoms with Gasteiger partial charge >= 0.3 is 0 Å². The molecular weight excluding hydrogens is 252 g/mol. The summed E-state index contributed by atoms with van der Waals surface area (Å²) in [7, 11) is 0. The maximum absolute atomic E-state index is 12.5. The van der Waals surface area contributed by atoms with Crippen LogP contribution in [0.5, 0.6) is 0 Å². The molecule has 108 valence electrons. The maximum atomic E-state index is 12.5. The first-order valence-electron chi connectivity index (χ1n) is 7.36. The van der Waals surface area contributed by atoms with Crippen molar-refractivity contribution < 1.29 is 9.21 Å². The second-order valence-electron chi connectivity index (χ2n) is 5.75. The molecule has 0 spiro atoms. The monoisotopic (exact) mass is 274 g/mol. The third-order valence-corrected chi connectivity index (χ3v) is 4.14. The highest BCUT2D eigenvalue weighted by atomic mass is 16.3. The lowest BCUT2D eigenvalue weighted by Gasteiger charge is -2.25. The van der Waals surface area contributed by atoms with Crippen molar-refractivity contribution in [2.24, 2.45) is 5.41 Å². The summed E-state index contributed by atoms with van der Waals surface area (Å²) in [5.74, 6) is 1.41. The smallest absolute Gasteiger partial charge is 0.241 e. The summed E-state index contributed by atoms with van der Waals surface area (Å²) in [6.07, 6.45) is 5.47. The normalized spacial score (nSPS) is 19.6. The third-order valence-electron chi connectivity index (χ3n) is 4.14. The molecule has 1 N–H and O–H groups in total. The molecule has 1 aliphatic rings. The maximum Gasteiger partial charge on any atom is 0.241 e. The number of nitrogens with zero attached hydrogens (tertiary/aromatic N) is 1. The molecule has 1 aliphatic carbocycles. The summed E-state index contributed by atoms with van der Waals surface area (Å²) in [4.78, 5) is 12.5. The first-order chi connectivity index (χ1) is 9.57. The fourth-order valence-electron chi connectivity index (χ4n) is 2.81. The van der Waals surface area contributed by atoms with Gasteiger partial charge in [0.2, 0.25) is 5.91 Å². The molecule has 1 aromatic rings. The molecule has 0 radical (unpaired) electrons. The highest BCUT2D eigenvalue weighted by Crippen LogP contribution is 2.35. The molecule has 1 saturated carbocycles. The van der Waals surface area contributed by atoms with Gasteiger partial charge in [-0.2, -0.15) is 5.26 Å². The summed E-state index contributed by atoms with van der Waals surface area (Å²) < 4.78 is 5.53. The van der Waals surface area contributed by atoms with Crippen LogP contribution in [-0.2, 0) is 4.79 Å². The number of rotatable bonds is 3. The molecule has 1 unspecified atom stereocenters. The van der Waals surface area contributed by atoms with E-state index >= 15 is 0 Å². The Morgan fingerprint density at radius 2 is 2.00 bits per heavy atom. The Morgan fingerprint density at radius 3 is 2.50 bits per heavy atom. The molecule has 0 bridgehead atoms. The van der Waals surface area contributed by atoms with Gasteiger partial charge in [-0.1, -0.05) is 25.7 Å². The number of carbonyl (C=O) groups excluding carboxylic acids is 1. The van der Waals surface area contributed by atoms with E-state index in [9.17, 15) is 10.1 Å². The minimum atomic E-state index is -0.855. The number of aryl methyl sites for hydroxylation is 1. The summed E-state index contributed by atoms with van der Waals surface area (Å²) in [5.41, 5.74) is -0.855. The quantitative estimate of drug-likeness (QED) is 0.856. The molecule has 4 heteroatoms. The molecule has 1 atom stereocenters. The predicted octanol–water partition coefficient (Wildman–Crippen LogP) is 3.63. The first-order valence-corrected chi connectivity index (χ1v) is 7.36. The molecule has 0 aromatic carbocycles. The van der Waals surface area contributed by atoms with E-state index in [2.05, 4.69) is 11.4 Å².